The van der Waals surface area contributed by atoms with Crippen LogP contribution in [0.2, 0.25) is 0 Å². The van der Waals surface area contributed by atoms with Gasteiger partial charge < -0.3 is 10.7 Å². The molecule has 0 aliphatic rings. The second kappa shape index (κ2) is 4.88. The fourth-order valence-corrected chi connectivity index (χ4v) is 1.21. The summed E-state index contributed by atoms with van der Waals surface area (Å²) < 4.78 is 0. The summed E-state index contributed by atoms with van der Waals surface area (Å²) in [5.41, 5.74) is 6.50. The number of carbonyl (C=O) groups is 1. The summed E-state index contributed by atoms with van der Waals surface area (Å²) in [6.45, 7) is 0. The quantitative estimate of drug-likeness (QED) is 0.778. The van der Waals surface area contributed by atoms with Crippen molar-refractivity contribution in [1.82, 2.24) is 4.98 Å². The SMILES string of the molecule is Cl.Cl.NC(=O)c1cc2ccccc2[nH]1. The van der Waals surface area contributed by atoms with Gasteiger partial charge in [-0.25, -0.2) is 0 Å². The van der Waals surface area contributed by atoms with Crippen molar-refractivity contribution in [2.75, 3.05) is 0 Å². The van der Waals surface area contributed by atoms with Crippen molar-refractivity contribution in [3.63, 3.8) is 0 Å². The number of hydrogen-bond donors (Lipinski definition) is 2. The monoisotopic (exact) mass is 232 g/mol. The number of nitrogens with one attached hydrogen (secondary N) is 1. The van der Waals surface area contributed by atoms with Gasteiger partial charge in [-0.05, 0) is 12.1 Å². The summed E-state index contributed by atoms with van der Waals surface area (Å²) in [7, 11) is 0. The summed E-state index contributed by atoms with van der Waals surface area (Å²) in [6, 6.07) is 9.41. The number of aromatic nitrogens is 1. The maximum Gasteiger partial charge on any atom is 0.265 e. The third-order valence-electron chi connectivity index (χ3n) is 1.80. The third-order valence-corrected chi connectivity index (χ3v) is 1.80. The molecule has 0 saturated carbocycles. The molecule has 0 aliphatic heterocycles. The van der Waals surface area contributed by atoms with Gasteiger partial charge in [0.25, 0.3) is 5.91 Å². The Bertz CT molecular complexity index is 406. The second-order valence-corrected chi connectivity index (χ2v) is 2.63. The smallest absolute Gasteiger partial charge is 0.265 e. The van der Waals surface area contributed by atoms with Crippen molar-refractivity contribution in [3.05, 3.63) is 36.0 Å². The van der Waals surface area contributed by atoms with Gasteiger partial charge in [-0.3, -0.25) is 4.79 Å². The Morgan fingerprint density at radius 3 is 2.43 bits per heavy atom. The van der Waals surface area contributed by atoms with E-state index in [2.05, 4.69) is 4.98 Å². The van der Waals surface area contributed by atoms with E-state index in [1.807, 2.05) is 24.3 Å². The zero-order valence-electron chi connectivity index (χ0n) is 7.19. The molecule has 0 radical (unpaired) electrons. The standard InChI is InChI=1S/C9H8N2O.2ClH/c10-9(12)8-5-6-3-1-2-4-7(6)11-8;;/h1-5,11H,(H2,10,12);2*1H. The van der Waals surface area contributed by atoms with Crippen LogP contribution in [-0.4, -0.2) is 10.9 Å². The maximum absolute atomic E-state index is 10.8. The summed E-state index contributed by atoms with van der Waals surface area (Å²) in [6.07, 6.45) is 0. The lowest BCUT2D eigenvalue weighted by Gasteiger charge is -1.85. The highest BCUT2D eigenvalue weighted by Gasteiger charge is 2.03. The van der Waals surface area contributed by atoms with Gasteiger partial charge in [0.1, 0.15) is 5.69 Å². The van der Waals surface area contributed by atoms with Crippen molar-refractivity contribution in [1.29, 1.82) is 0 Å². The number of fused-ring (bicyclic) bond motifs is 1. The molecule has 1 aromatic heterocycles. The van der Waals surface area contributed by atoms with Gasteiger partial charge >= 0.3 is 0 Å². The number of aromatic amines is 1. The van der Waals surface area contributed by atoms with Crippen molar-refractivity contribution in [2.24, 2.45) is 5.73 Å². The average molecular weight is 233 g/mol. The lowest BCUT2D eigenvalue weighted by atomic mass is 10.2. The van der Waals surface area contributed by atoms with Crippen molar-refractivity contribution < 1.29 is 4.79 Å². The minimum Gasteiger partial charge on any atom is -0.364 e. The zero-order chi connectivity index (χ0) is 8.55. The Morgan fingerprint density at radius 1 is 1.21 bits per heavy atom. The molecule has 0 atom stereocenters. The first-order valence-corrected chi connectivity index (χ1v) is 3.65. The Labute approximate surface area is 93.5 Å². The highest BCUT2D eigenvalue weighted by molar-refractivity contribution is 5.96. The minimum atomic E-state index is -0.425. The predicted molar refractivity (Wildman–Crippen MR) is 61.3 cm³/mol. The van der Waals surface area contributed by atoms with E-state index < -0.39 is 5.91 Å². The third kappa shape index (κ3) is 2.19. The lowest BCUT2D eigenvalue weighted by molar-refractivity contribution is 0.0996. The summed E-state index contributed by atoms with van der Waals surface area (Å²) in [5, 5.41) is 1.01. The van der Waals surface area contributed by atoms with Gasteiger partial charge in [-0.15, -0.1) is 24.8 Å². The molecule has 1 aromatic carbocycles. The largest absolute Gasteiger partial charge is 0.364 e. The summed E-state index contributed by atoms with van der Waals surface area (Å²) in [5.74, 6) is -0.425. The van der Waals surface area contributed by atoms with Crippen LogP contribution in [0.25, 0.3) is 10.9 Å². The van der Waals surface area contributed by atoms with Gasteiger partial charge in [-0.1, -0.05) is 18.2 Å². The molecule has 0 fully saturated rings. The van der Waals surface area contributed by atoms with E-state index in [0.29, 0.717) is 5.69 Å². The Balaban J connectivity index is 0.000000845. The number of halogens is 2. The lowest BCUT2D eigenvalue weighted by Crippen LogP contribution is -2.10. The number of rotatable bonds is 1. The van der Waals surface area contributed by atoms with Gasteiger partial charge in [0.15, 0.2) is 0 Å². The highest BCUT2D eigenvalue weighted by Crippen LogP contribution is 2.13. The van der Waals surface area contributed by atoms with E-state index in [1.165, 1.54) is 0 Å². The number of amides is 1. The molecule has 0 unspecified atom stereocenters. The molecule has 2 aromatic rings. The number of benzene rings is 1. The van der Waals surface area contributed by atoms with E-state index in [-0.39, 0.29) is 24.8 Å². The fraction of sp³-hybridized carbons (Fsp3) is 0. The molecule has 14 heavy (non-hydrogen) atoms. The van der Waals surface area contributed by atoms with Gasteiger partial charge in [0.05, 0.1) is 0 Å². The molecule has 3 nitrogen and oxygen atoms in total. The van der Waals surface area contributed by atoms with Crippen LogP contribution in [0.3, 0.4) is 0 Å². The van der Waals surface area contributed by atoms with Crippen LogP contribution in [0.1, 0.15) is 10.5 Å². The molecule has 0 bridgehead atoms. The number of H-pyrrole nitrogens is 1. The number of nitrogens with two attached hydrogens (primary N) is 1. The molecule has 5 heteroatoms. The van der Waals surface area contributed by atoms with Gasteiger partial charge in [0.2, 0.25) is 0 Å². The van der Waals surface area contributed by atoms with Gasteiger partial charge in [0, 0.05) is 10.9 Å². The van der Waals surface area contributed by atoms with Crippen molar-refractivity contribution >= 4 is 41.6 Å². The van der Waals surface area contributed by atoms with E-state index in [1.54, 1.807) is 6.07 Å². The van der Waals surface area contributed by atoms with Crippen LogP contribution in [0.15, 0.2) is 30.3 Å². The fourth-order valence-electron chi connectivity index (χ4n) is 1.21. The molecule has 0 spiro atoms. The first kappa shape index (κ1) is 12.8. The van der Waals surface area contributed by atoms with Crippen LogP contribution >= 0.6 is 24.8 Å². The van der Waals surface area contributed by atoms with E-state index in [4.69, 9.17) is 5.73 Å². The molecular weight excluding hydrogens is 223 g/mol. The van der Waals surface area contributed by atoms with E-state index >= 15 is 0 Å². The van der Waals surface area contributed by atoms with Crippen LogP contribution in [-0.2, 0) is 0 Å². The molecule has 1 heterocycles. The van der Waals surface area contributed by atoms with Crippen molar-refractivity contribution in [2.45, 2.75) is 0 Å². The van der Waals surface area contributed by atoms with Crippen LogP contribution in [0.5, 0.6) is 0 Å². The number of primary amides is 1. The van der Waals surface area contributed by atoms with E-state index in [0.717, 1.165) is 10.9 Å². The summed E-state index contributed by atoms with van der Waals surface area (Å²) in [4.78, 5) is 13.7. The number of carbonyl (C=O) groups excluding carboxylic acids is 1. The average Bonchev–Trinajstić information content (AvgIpc) is 2.46. The number of para-hydroxylation sites is 1. The maximum atomic E-state index is 10.8. The zero-order valence-corrected chi connectivity index (χ0v) is 8.82. The molecule has 2 rings (SSSR count). The Hall–Kier alpha value is -1.19. The van der Waals surface area contributed by atoms with Crippen LogP contribution in [0, 0.1) is 0 Å². The first-order chi connectivity index (χ1) is 5.77. The molecular formula is C9H10Cl2N2O. The molecule has 3 N–H and O–H groups in total. The van der Waals surface area contributed by atoms with Crippen LogP contribution < -0.4 is 5.73 Å². The predicted octanol–water partition coefficient (Wildman–Crippen LogP) is 2.11. The molecule has 1 amide bonds. The van der Waals surface area contributed by atoms with Crippen LogP contribution in [0.4, 0.5) is 0 Å². The normalized spacial score (nSPS) is 8.86. The highest BCUT2D eigenvalue weighted by atomic mass is 35.5. The Kier molecular flexibility index (Phi) is 4.47. The van der Waals surface area contributed by atoms with Gasteiger partial charge in [-0.2, -0.15) is 0 Å². The van der Waals surface area contributed by atoms with E-state index in [9.17, 15) is 4.79 Å². The topological polar surface area (TPSA) is 58.9 Å². The first-order valence-electron chi connectivity index (χ1n) is 3.65. The number of hydrogen-bond acceptors (Lipinski definition) is 1. The summed E-state index contributed by atoms with van der Waals surface area (Å²) >= 11 is 0. The minimum absolute atomic E-state index is 0. The van der Waals surface area contributed by atoms with Crippen molar-refractivity contribution in [3.8, 4) is 0 Å². The molecule has 0 saturated heterocycles. The Morgan fingerprint density at radius 2 is 1.86 bits per heavy atom. The molecule has 76 valence electrons. The second-order valence-electron chi connectivity index (χ2n) is 2.63. The molecule has 0 aliphatic carbocycles.